The van der Waals surface area contributed by atoms with Gasteiger partial charge in [0.25, 0.3) is 5.91 Å². The highest BCUT2D eigenvalue weighted by Crippen LogP contribution is 2.36. The summed E-state index contributed by atoms with van der Waals surface area (Å²) in [4.78, 5) is 12.2. The summed E-state index contributed by atoms with van der Waals surface area (Å²) >= 11 is 0. The number of sulfonamides is 1. The SMILES string of the molecule is CC1CC1CNC(=O)c1cc(S(N)(=O)=O)cn1C(C)C. The molecule has 1 saturated carbocycles. The maximum absolute atomic E-state index is 12.2. The maximum atomic E-state index is 12.2. The molecular weight excluding hydrogens is 278 g/mol. The van der Waals surface area contributed by atoms with Gasteiger partial charge in [0.05, 0.1) is 0 Å². The summed E-state index contributed by atoms with van der Waals surface area (Å²) in [7, 11) is -3.80. The highest BCUT2D eigenvalue weighted by molar-refractivity contribution is 7.89. The van der Waals surface area contributed by atoms with Crippen molar-refractivity contribution in [2.75, 3.05) is 6.54 Å². The van der Waals surface area contributed by atoms with Gasteiger partial charge in [-0.05, 0) is 38.2 Å². The second kappa shape index (κ2) is 5.21. The number of aromatic nitrogens is 1. The molecule has 1 aliphatic carbocycles. The Morgan fingerprint density at radius 1 is 1.55 bits per heavy atom. The minimum Gasteiger partial charge on any atom is -0.350 e. The van der Waals surface area contributed by atoms with E-state index >= 15 is 0 Å². The molecule has 1 aromatic heterocycles. The van der Waals surface area contributed by atoms with Gasteiger partial charge in [-0.25, -0.2) is 13.6 Å². The van der Waals surface area contributed by atoms with Gasteiger partial charge in [-0.15, -0.1) is 0 Å². The van der Waals surface area contributed by atoms with Gasteiger partial charge < -0.3 is 9.88 Å². The first-order valence-corrected chi connectivity index (χ1v) is 8.27. The fraction of sp³-hybridized carbons (Fsp3) is 0.615. The van der Waals surface area contributed by atoms with Crippen molar-refractivity contribution in [3.63, 3.8) is 0 Å². The second-order valence-corrected chi connectivity index (χ2v) is 7.35. The molecule has 2 atom stereocenters. The lowest BCUT2D eigenvalue weighted by Gasteiger charge is -2.12. The Kier molecular flexibility index (Phi) is 3.93. The van der Waals surface area contributed by atoms with Crippen LogP contribution in [-0.2, 0) is 10.0 Å². The Morgan fingerprint density at radius 3 is 2.60 bits per heavy atom. The van der Waals surface area contributed by atoms with Crippen molar-refractivity contribution in [1.82, 2.24) is 9.88 Å². The number of hydrogen-bond acceptors (Lipinski definition) is 3. The molecule has 0 aromatic carbocycles. The van der Waals surface area contributed by atoms with Gasteiger partial charge in [0.15, 0.2) is 0 Å². The van der Waals surface area contributed by atoms with Crippen molar-refractivity contribution in [2.45, 2.75) is 38.1 Å². The number of carbonyl (C=O) groups is 1. The Bertz CT molecular complexity index is 619. The standard InChI is InChI=1S/C13H21N3O3S/c1-8(2)16-7-11(20(14,18)19)5-12(16)13(17)15-6-10-4-9(10)3/h5,7-10H,4,6H2,1-3H3,(H,15,17)(H2,14,18,19). The van der Waals surface area contributed by atoms with Crippen molar-refractivity contribution >= 4 is 15.9 Å². The van der Waals surface area contributed by atoms with Crippen LogP contribution in [0.3, 0.4) is 0 Å². The minimum atomic E-state index is -3.80. The molecule has 0 bridgehead atoms. The van der Waals surface area contributed by atoms with Gasteiger partial charge in [0.2, 0.25) is 10.0 Å². The maximum Gasteiger partial charge on any atom is 0.267 e. The summed E-state index contributed by atoms with van der Waals surface area (Å²) in [5, 5.41) is 7.97. The number of hydrogen-bond donors (Lipinski definition) is 2. The lowest BCUT2D eigenvalue weighted by Crippen LogP contribution is -2.28. The van der Waals surface area contributed by atoms with E-state index in [1.54, 1.807) is 4.57 Å². The highest BCUT2D eigenvalue weighted by atomic mass is 32.2. The molecule has 0 spiro atoms. The predicted molar refractivity (Wildman–Crippen MR) is 75.8 cm³/mol. The molecular formula is C13H21N3O3S. The number of nitrogens with two attached hydrogens (primary N) is 1. The topological polar surface area (TPSA) is 94.2 Å². The fourth-order valence-corrected chi connectivity index (χ4v) is 2.75. The van der Waals surface area contributed by atoms with E-state index in [9.17, 15) is 13.2 Å². The van der Waals surface area contributed by atoms with Gasteiger partial charge in [-0.1, -0.05) is 6.92 Å². The van der Waals surface area contributed by atoms with Crippen LogP contribution < -0.4 is 10.5 Å². The van der Waals surface area contributed by atoms with E-state index in [1.807, 2.05) is 13.8 Å². The smallest absolute Gasteiger partial charge is 0.267 e. The van der Waals surface area contributed by atoms with Crippen molar-refractivity contribution in [3.05, 3.63) is 18.0 Å². The van der Waals surface area contributed by atoms with Crippen molar-refractivity contribution < 1.29 is 13.2 Å². The van der Waals surface area contributed by atoms with Gasteiger partial charge in [-0.2, -0.15) is 0 Å². The molecule has 3 N–H and O–H groups in total. The number of rotatable bonds is 5. The first kappa shape index (κ1) is 15.1. The zero-order valence-electron chi connectivity index (χ0n) is 12.0. The van der Waals surface area contributed by atoms with Crippen LogP contribution in [0.5, 0.6) is 0 Å². The Labute approximate surface area is 119 Å². The van der Waals surface area contributed by atoms with Gasteiger partial charge in [0.1, 0.15) is 10.6 Å². The number of nitrogens with one attached hydrogen (secondary N) is 1. The van der Waals surface area contributed by atoms with Gasteiger partial charge in [0, 0.05) is 18.8 Å². The third-order valence-electron chi connectivity index (χ3n) is 3.74. The van der Waals surface area contributed by atoms with Crippen LogP contribution in [0, 0.1) is 11.8 Å². The summed E-state index contributed by atoms with van der Waals surface area (Å²) in [5.41, 5.74) is 0.331. The zero-order valence-corrected chi connectivity index (χ0v) is 12.8. The third-order valence-corrected chi connectivity index (χ3v) is 4.62. The molecule has 2 rings (SSSR count). The Morgan fingerprint density at radius 2 is 2.15 bits per heavy atom. The van der Waals surface area contributed by atoms with Crippen LogP contribution in [-0.4, -0.2) is 25.4 Å². The normalized spacial score (nSPS) is 22.1. The van der Waals surface area contributed by atoms with Crippen LogP contribution in [0.15, 0.2) is 17.2 Å². The summed E-state index contributed by atoms with van der Waals surface area (Å²) in [6, 6.07) is 1.31. The summed E-state index contributed by atoms with van der Waals surface area (Å²) in [6.45, 7) is 6.54. The summed E-state index contributed by atoms with van der Waals surface area (Å²) < 4.78 is 24.4. The number of amides is 1. The molecule has 0 saturated heterocycles. The molecule has 0 aliphatic heterocycles. The lowest BCUT2D eigenvalue weighted by atomic mass is 10.3. The lowest BCUT2D eigenvalue weighted by molar-refractivity contribution is 0.0940. The zero-order chi connectivity index (χ0) is 15.1. The van der Waals surface area contributed by atoms with Crippen molar-refractivity contribution in [3.8, 4) is 0 Å². The molecule has 1 aromatic rings. The molecule has 6 nitrogen and oxygen atoms in total. The van der Waals surface area contributed by atoms with Crippen LogP contribution in [0.2, 0.25) is 0 Å². The third kappa shape index (κ3) is 3.21. The average molecular weight is 299 g/mol. The number of nitrogens with zero attached hydrogens (tertiary/aromatic N) is 1. The average Bonchev–Trinajstić information content (AvgIpc) is 2.87. The van der Waals surface area contributed by atoms with E-state index in [2.05, 4.69) is 12.2 Å². The van der Waals surface area contributed by atoms with Crippen LogP contribution in [0.4, 0.5) is 0 Å². The number of primary sulfonamides is 1. The van der Waals surface area contributed by atoms with Crippen LogP contribution in [0.25, 0.3) is 0 Å². The molecule has 1 aliphatic rings. The quantitative estimate of drug-likeness (QED) is 0.852. The molecule has 1 fully saturated rings. The molecule has 1 amide bonds. The molecule has 112 valence electrons. The van der Waals surface area contributed by atoms with E-state index < -0.39 is 10.0 Å². The monoisotopic (exact) mass is 299 g/mol. The molecule has 1 heterocycles. The first-order chi connectivity index (χ1) is 9.20. The Balaban J connectivity index is 2.20. The largest absolute Gasteiger partial charge is 0.350 e. The van der Waals surface area contributed by atoms with Crippen LogP contribution >= 0.6 is 0 Å². The highest BCUT2D eigenvalue weighted by Gasteiger charge is 2.32. The van der Waals surface area contributed by atoms with E-state index in [-0.39, 0.29) is 16.8 Å². The van der Waals surface area contributed by atoms with E-state index in [0.717, 1.165) is 6.42 Å². The second-order valence-electron chi connectivity index (χ2n) is 5.79. The Hall–Kier alpha value is -1.34. The number of carbonyl (C=O) groups excluding carboxylic acids is 1. The molecule has 0 radical (unpaired) electrons. The molecule has 7 heteroatoms. The first-order valence-electron chi connectivity index (χ1n) is 6.73. The van der Waals surface area contributed by atoms with Gasteiger partial charge >= 0.3 is 0 Å². The van der Waals surface area contributed by atoms with E-state index in [0.29, 0.717) is 24.1 Å². The minimum absolute atomic E-state index is 0.0221. The molecule has 2 unspecified atom stereocenters. The van der Waals surface area contributed by atoms with E-state index in [1.165, 1.54) is 12.3 Å². The fourth-order valence-electron chi connectivity index (χ4n) is 2.22. The molecule has 20 heavy (non-hydrogen) atoms. The summed E-state index contributed by atoms with van der Waals surface area (Å²) in [5.74, 6) is 0.944. The summed E-state index contributed by atoms with van der Waals surface area (Å²) in [6.07, 6.45) is 2.54. The van der Waals surface area contributed by atoms with Crippen molar-refractivity contribution in [1.29, 1.82) is 0 Å². The van der Waals surface area contributed by atoms with E-state index in [4.69, 9.17) is 5.14 Å². The predicted octanol–water partition coefficient (Wildman–Crippen LogP) is 1.10. The van der Waals surface area contributed by atoms with Crippen LogP contribution in [0.1, 0.15) is 43.7 Å². The van der Waals surface area contributed by atoms with Gasteiger partial charge in [-0.3, -0.25) is 4.79 Å². The van der Waals surface area contributed by atoms with Crippen molar-refractivity contribution in [2.24, 2.45) is 17.0 Å².